The van der Waals surface area contributed by atoms with Crippen molar-refractivity contribution in [2.24, 2.45) is 5.73 Å². The number of nitrogens with one attached hydrogen (secondary N) is 1. The van der Waals surface area contributed by atoms with Gasteiger partial charge in [-0.2, -0.15) is 4.98 Å². The second-order valence-electron chi connectivity index (χ2n) is 2.09. The molecule has 0 saturated carbocycles. The lowest BCUT2D eigenvalue weighted by atomic mass is 10.2. The SMILES string of the molecule is CCC(N)c1nc(N)n[nH]1. The monoisotopic (exact) mass is 141 g/mol. The molecule has 5 nitrogen and oxygen atoms in total. The summed E-state index contributed by atoms with van der Waals surface area (Å²) >= 11 is 0. The third-order valence-corrected chi connectivity index (χ3v) is 1.31. The van der Waals surface area contributed by atoms with E-state index in [4.69, 9.17) is 11.5 Å². The van der Waals surface area contributed by atoms with Gasteiger partial charge >= 0.3 is 0 Å². The van der Waals surface area contributed by atoms with Crippen LogP contribution >= 0.6 is 0 Å². The zero-order valence-corrected chi connectivity index (χ0v) is 5.83. The molecule has 0 aliphatic rings. The number of nitrogens with two attached hydrogens (primary N) is 2. The quantitative estimate of drug-likeness (QED) is 0.531. The van der Waals surface area contributed by atoms with E-state index in [2.05, 4.69) is 15.2 Å². The maximum atomic E-state index is 5.62. The van der Waals surface area contributed by atoms with Crippen LogP contribution in [0.4, 0.5) is 5.95 Å². The molecule has 0 bridgehead atoms. The van der Waals surface area contributed by atoms with E-state index in [9.17, 15) is 0 Å². The van der Waals surface area contributed by atoms with Crippen LogP contribution in [0.1, 0.15) is 25.2 Å². The van der Waals surface area contributed by atoms with Crippen molar-refractivity contribution < 1.29 is 0 Å². The molecule has 5 heteroatoms. The van der Waals surface area contributed by atoms with E-state index in [0.717, 1.165) is 6.42 Å². The largest absolute Gasteiger partial charge is 0.367 e. The molecule has 0 radical (unpaired) electrons. The fraction of sp³-hybridized carbons (Fsp3) is 0.600. The highest BCUT2D eigenvalue weighted by molar-refractivity contribution is 5.13. The van der Waals surface area contributed by atoms with E-state index in [1.807, 2.05) is 6.92 Å². The topological polar surface area (TPSA) is 93.6 Å². The molecule has 56 valence electrons. The number of anilines is 1. The van der Waals surface area contributed by atoms with Crippen LogP contribution < -0.4 is 11.5 Å². The molecule has 1 heterocycles. The maximum absolute atomic E-state index is 5.62. The van der Waals surface area contributed by atoms with E-state index >= 15 is 0 Å². The highest BCUT2D eigenvalue weighted by Gasteiger charge is 2.06. The van der Waals surface area contributed by atoms with E-state index in [1.54, 1.807) is 0 Å². The fourth-order valence-corrected chi connectivity index (χ4v) is 0.647. The minimum atomic E-state index is -0.0789. The number of nitrogens with zero attached hydrogens (tertiary/aromatic N) is 2. The Hall–Kier alpha value is -1.10. The van der Waals surface area contributed by atoms with Crippen molar-refractivity contribution in [1.82, 2.24) is 15.2 Å². The van der Waals surface area contributed by atoms with Crippen LogP contribution in [0.2, 0.25) is 0 Å². The lowest BCUT2D eigenvalue weighted by molar-refractivity contribution is 0.652. The van der Waals surface area contributed by atoms with Gasteiger partial charge in [0.2, 0.25) is 5.95 Å². The van der Waals surface area contributed by atoms with Crippen molar-refractivity contribution >= 4 is 5.95 Å². The summed E-state index contributed by atoms with van der Waals surface area (Å²) in [6.45, 7) is 1.98. The van der Waals surface area contributed by atoms with Crippen LogP contribution in [0.5, 0.6) is 0 Å². The lowest BCUT2D eigenvalue weighted by Gasteiger charge is -2.00. The minimum Gasteiger partial charge on any atom is -0.367 e. The molecule has 10 heavy (non-hydrogen) atoms. The Balaban J connectivity index is 2.74. The molecule has 1 unspecified atom stereocenters. The van der Waals surface area contributed by atoms with Gasteiger partial charge in [-0.15, -0.1) is 5.10 Å². The lowest BCUT2D eigenvalue weighted by Crippen LogP contribution is -2.10. The van der Waals surface area contributed by atoms with Crippen molar-refractivity contribution in [1.29, 1.82) is 0 Å². The molecule has 0 aliphatic carbocycles. The van der Waals surface area contributed by atoms with Crippen molar-refractivity contribution in [2.45, 2.75) is 19.4 Å². The maximum Gasteiger partial charge on any atom is 0.239 e. The average Bonchev–Trinajstić information content (AvgIpc) is 2.34. The first-order valence-electron chi connectivity index (χ1n) is 3.17. The summed E-state index contributed by atoms with van der Waals surface area (Å²) < 4.78 is 0. The number of rotatable bonds is 2. The van der Waals surface area contributed by atoms with Crippen LogP contribution in [0.3, 0.4) is 0 Å². The van der Waals surface area contributed by atoms with Crippen molar-refractivity contribution in [3.8, 4) is 0 Å². The summed E-state index contributed by atoms with van der Waals surface area (Å²) in [5, 5.41) is 6.29. The van der Waals surface area contributed by atoms with Gasteiger partial charge in [0.1, 0.15) is 5.82 Å². The highest BCUT2D eigenvalue weighted by Crippen LogP contribution is 2.07. The molecule has 0 aliphatic heterocycles. The fourth-order valence-electron chi connectivity index (χ4n) is 0.647. The molecular formula is C5H11N5. The summed E-state index contributed by atoms with van der Waals surface area (Å²) in [5.41, 5.74) is 10.9. The van der Waals surface area contributed by atoms with Crippen LogP contribution in [0.15, 0.2) is 0 Å². The van der Waals surface area contributed by atoms with Crippen LogP contribution in [0, 0.1) is 0 Å². The van der Waals surface area contributed by atoms with Crippen molar-refractivity contribution in [3.63, 3.8) is 0 Å². The average molecular weight is 141 g/mol. The molecule has 0 aromatic carbocycles. The first-order valence-corrected chi connectivity index (χ1v) is 3.17. The Bertz CT molecular complexity index is 206. The van der Waals surface area contributed by atoms with Gasteiger partial charge in [-0.05, 0) is 6.42 Å². The molecule has 0 amide bonds. The number of hydrogen-bond donors (Lipinski definition) is 3. The van der Waals surface area contributed by atoms with E-state index < -0.39 is 0 Å². The molecule has 0 spiro atoms. The first-order chi connectivity index (χ1) is 4.74. The van der Waals surface area contributed by atoms with Gasteiger partial charge in [-0.1, -0.05) is 6.92 Å². The Morgan fingerprint density at radius 3 is 2.80 bits per heavy atom. The zero-order valence-electron chi connectivity index (χ0n) is 5.83. The molecule has 0 saturated heterocycles. The van der Waals surface area contributed by atoms with E-state index in [0.29, 0.717) is 5.82 Å². The van der Waals surface area contributed by atoms with E-state index in [1.165, 1.54) is 0 Å². The molecule has 1 aromatic heterocycles. The smallest absolute Gasteiger partial charge is 0.239 e. The number of H-pyrrole nitrogens is 1. The van der Waals surface area contributed by atoms with Gasteiger partial charge in [0.25, 0.3) is 0 Å². The number of aromatic amines is 1. The number of nitrogen functional groups attached to an aromatic ring is 1. The minimum absolute atomic E-state index is 0.0789. The summed E-state index contributed by atoms with van der Waals surface area (Å²) in [6, 6.07) is -0.0789. The second-order valence-corrected chi connectivity index (χ2v) is 2.09. The van der Waals surface area contributed by atoms with Crippen molar-refractivity contribution in [2.75, 3.05) is 5.73 Å². The molecular weight excluding hydrogens is 130 g/mol. The molecule has 1 atom stereocenters. The Kier molecular flexibility index (Phi) is 1.86. The third kappa shape index (κ3) is 1.24. The van der Waals surface area contributed by atoms with Gasteiger partial charge in [-0.25, -0.2) is 0 Å². The predicted molar refractivity (Wildman–Crippen MR) is 38.0 cm³/mol. The van der Waals surface area contributed by atoms with Gasteiger partial charge in [0.05, 0.1) is 6.04 Å². The third-order valence-electron chi connectivity index (χ3n) is 1.31. The molecule has 1 aromatic rings. The standard InChI is InChI=1S/C5H11N5/c1-2-3(6)4-8-5(7)10-9-4/h3H,2,6H2,1H3,(H3,7,8,9,10). The number of aromatic nitrogens is 3. The first kappa shape index (κ1) is 7.01. The van der Waals surface area contributed by atoms with Gasteiger partial charge < -0.3 is 11.5 Å². The Labute approximate surface area is 58.8 Å². The summed E-state index contributed by atoms with van der Waals surface area (Å²) in [7, 11) is 0. The molecule has 5 N–H and O–H groups in total. The highest BCUT2D eigenvalue weighted by atomic mass is 15.3. The second kappa shape index (κ2) is 2.66. The predicted octanol–water partition coefficient (Wildman–Crippen LogP) is -0.203. The van der Waals surface area contributed by atoms with Crippen LogP contribution in [-0.2, 0) is 0 Å². The summed E-state index contributed by atoms with van der Waals surface area (Å²) in [6.07, 6.45) is 0.828. The molecule has 0 fully saturated rings. The normalized spacial score (nSPS) is 13.4. The van der Waals surface area contributed by atoms with Gasteiger partial charge in [0.15, 0.2) is 0 Å². The summed E-state index contributed by atoms with van der Waals surface area (Å²) in [4.78, 5) is 3.87. The molecule has 1 rings (SSSR count). The van der Waals surface area contributed by atoms with Crippen molar-refractivity contribution in [3.05, 3.63) is 5.82 Å². The van der Waals surface area contributed by atoms with E-state index in [-0.39, 0.29) is 12.0 Å². The van der Waals surface area contributed by atoms with Gasteiger partial charge in [0, 0.05) is 0 Å². The van der Waals surface area contributed by atoms with Crippen LogP contribution in [0.25, 0.3) is 0 Å². The Morgan fingerprint density at radius 1 is 1.70 bits per heavy atom. The Morgan fingerprint density at radius 2 is 2.40 bits per heavy atom. The summed E-state index contributed by atoms with van der Waals surface area (Å²) in [5.74, 6) is 0.902. The van der Waals surface area contributed by atoms with Gasteiger partial charge in [-0.3, -0.25) is 5.10 Å². The van der Waals surface area contributed by atoms with Crippen LogP contribution in [-0.4, -0.2) is 15.2 Å². The number of hydrogen-bond acceptors (Lipinski definition) is 4. The zero-order chi connectivity index (χ0) is 7.56.